The van der Waals surface area contributed by atoms with Crippen LogP contribution in [0.1, 0.15) is 18.6 Å². The van der Waals surface area contributed by atoms with Crippen molar-refractivity contribution in [1.29, 1.82) is 0 Å². The first-order valence-corrected chi connectivity index (χ1v) is 6.25. The van der Waals surface area contributed by atoms with E-state index in [9.17, 15) is 9.59 Å². The molecule has 0 heterocycles. The Morgan fingerprint density at radius 2 is 1.50 bits per heavy atom. The van der Waals surface area contributed by atoms with Gasteiger partial charge < -0.3 is 10.1 Å². The number of rotatable bonds is 4. The third kappa shape index (κ3) is 3.68. The Labute approximate surface area is 117 Å². The van der Waals surface area contributed by atoms with E-state index in [4.69, 9.17) is 4.74 Å². The van der Waals surface area contributed by atoms with E-state index in [-0.39, 0.29) is 5.91 Å². The van der Waals surface area contributed by atoms with Gasteiger partial charge in [0.15, 0.2) is 0 Å². The quantitative estimate of drug-likeness (QED) is 0.868. The van der Waals surface area contributed by atoms with E-state index in [2.05, 4.69) is 5.32 Å². The predicted octanol–water partition coefficient (Wildman–Crippen LogP) is 2.93. The molecule has 0 saturated carbocycles. The van der Waals surface area contributed by atoms with Crippen molar-refractivity contribution in [2.24, 2.45) is 0 Å². The molecule has 0 aliphatic heterocycles. The molecule has 0 spiro atoms. The molecule has 2 rings (SSSR count). The van der Waals surface area contributed by atoms with E-state index in [1.807, 2.05) is 24.3 Å². The van der Waals surface area contributed by atoms with Gasteiger partial charge in [-0.05, 0) is 12.1 Å². The summed E-state index contributed by atoms with van der Waals surface area (Å²) in [5.74, 6) is -0.875. The van der Waals surface area contributed by atoms with Crippen LogP contribution >= 0.6 is 0 Å². The molecule has 102 valence electrons. The molecule has 0 aliphatic rings. The van der Waals surface area contributed by atoms with Gasteiger partial charge in [-0.3, -0.25) is 9.59 Å². The number of hydrogen-bond donors (Lipinski definition) is 1. The topological polar surface area (TPSA) is 55.4 Å². The molecule has 0 unspecified atom stereocenters. The molecule has 4 heteroatoms. The second kappa shape index (κ2) is 6.52. The van der Waals surface area contributed by atoms with Gasteiger partial charge in [-0.2, -0.15) is 0 Å². The fourth-order valence-corrected chi connectivity index (χ4v) is 1.80. The fraction of sp³-hybridized carbons (Fsp3) is 0.125. The summed E-state index contributed by atoms with van der Waals surface area (Å²) >= 11 is 0. The summed E-state index contributed by atoms with van der Waals surface area (Å²) in [4.78, 5) is 23.4. The first-order valence-electron chi connectivity index (χ1n) is 6.25. The van der Waals surface area contributed by atoms with Crippen molar-refractivity contribution in [3.63, 3.8) is 0 Å². The minimum absolute atomic E-state index is 0.377. The third-order valence-electron chi connectivity index (χ3n) is 2.67. The van der Waals surface area contributed by atoms with Crippen molar-refractivity contribution in [2.45, 2.75) is 13.0 Å². The molecule has 4 nitrogen and oxygen atoms in total. The molecule has 0 fully saturated rings. The van der Waals surface area contributed by atoms with E-state index in [1.165, 1.54) is 6.92 Å². The smallest absolute Gasteiger partial charge is 0.303 e. The number of anilines is 1. The minimum atomic E-state index is -0.950. The Morgan fingerprint density at radius 3 is 2.05 bits per heavy atom. The van der Waals surface area contributed by atoms with Crippen LogP contribution in [-0.2, 0) is 14.3 Å². The van der Waals surface area contributed by atoms with Gasteiger partial charge in [-0.1, -0.05) is 48.5 Å². The number of para-hydroxylation sites is 1. The zero-order valence-electron chi connectivity index (χ0n) is 11.1. The summed E-state index contributed by atoms with van der Waals surface area (Å²) < 4.78 is 5.12. The van der Waals surface area contributed by atoms with Gasteiger partial charge in [0.25, 0.3) is 5.91 Å². The lowest BCUT2D eigenvalue weighted by atomic mass is 10.1. The molecule has 0 aliphatic carbocycles. The van der Waals surface area contributed by atoms with Gasteiger partial charge in [-0.25, -0.2) is 0 Å². The fourth-order valence-electron chi connectivity index (χ4n) is 1.80. The van der Waals surface area contributed by atoms with Crippen molar-refractivity contribution in [1.82, 2.24) is 0 Å². The standard InChI is InChI=1S/C16H15NO3/c1-12(18)20-15(13-8-4-2-5-9-13)16(19)17-14-10-6-3-7-11-14/h2-11,15H,1H3,(H,17,19)/t15-/m0/s1. The monoisotopic (exact) mass is 269 g/mol. The number of hydrogen-bond acceptors (Lipinski definition) is 3. The molecular weight excluding hydrogens is 254 g/mol. The minimum Gasteiger partial charge on any atom is -0.447 e. The molecule has 1 atom stereocenters. The van der Waals surface area contributed by atoms with Gasteiger partial charge in [0.2, 0.25) is 6.10 Å². The Hall–Kier alpha value is -2.62. The van der Waals surface area contributed by atoms with Gasteiger partial charge in [0.05, 0.1) is 0 Å². The van der Waals surface area contributed by atoms with Gasteiger partial charge in [-0.15, -0.1) is 0 Å². The van der Waals surface area contributed by atoms with Gasteiger partial charge in [0, 0.05) is 18.2 Å². The second-order valence-electron chi connectivity index (χ2n) is 4.26. The van der Waals surface area contributed by atoms with Crippen molar-refractivity contribution in [3.8, 4) is 0 Å². The van der Waals surface area contributed by atoms with E-state index in [0.717, 1.165) is 0 Å². The van der Waals surface area contributed by atoms with Crippen LogP contribution in [0.4, 0.5) is 5.69 Å². The number of carbonyl (C=O) groups is 2. The molecule has 1 amide bonds. The summed E-state index contributed by atoms with van der Waals surface area (Å²) in [7, 11) is 0. The molecule has 0 saturated heterocycles. The summed E-state index contributed by atoms with van der Waals surface area (Å²) in [6.45, 7) is 1.28. The molecule has 0 radical (unpaired) electrons. The lowest BCUT2D eigenvalue weighted by Gasteiger charge is -2.17. The average Bonchev–Trinajstić information content (AvgIpc) is 2.46. The Morgan fingerprint density at radius 1 is 0.950 bits per heavy atom. The summed E-state index contributed by atoms with van der Waals surface area (Å²) in [6.07, 6.45) is -0.950. The van der Waals surface area contributed by atoms with Gasteiger partial charge >= 0.3 is 5.97 Å². The van der Waals surface area contributed by atoms with Crippen LogP contribution in [0.25, 0.3) is 0 Å². The number of benzene rings is 2. The second-order valence-corrected chi connectivity index (χ2v) is 4.26. The molecule has 0 aromatic heterocycles. The number of amides is 1. The maximum atomic E-state index is 12.3. The largest absolute Gasteiger partial charge is 0.447 e. The normalized spacial score (nSPS) is 11.4. The maximum absolute atomic E-state index is 12.3. The third-order valence-corrected chi connectivity index (χ3v) is 2.67. The number of carbonyl (C=O) groups excluding carboxylic acids is 2. The number of nitrogens with one attached hydrogen (secondary N) is 1. The number of esters is 1. The maximum Gasteiger partial charge on any atom is 0.303 e. The summed E-state index contributed by atoms with van der Waals surface area (Å²) in [6, 6.07) is 18.0. The SMILES string of the molecule is CC(=O)O[C@H](C(=O)Nc1ccccc1)c1ccccc1. The van der Waals surface area contributed by atoms with Crippen LogP contribution in [0.5, 0.6) is 0 Å². The van der Waals surface area contributed by atoms with Crippen molar-refractivity contribution in [2.75, 3.05) is 5.32 Å². The first kappa shape index (κ1) is 13.8. The predicted molar refractivity (Wildman–Crippen MR) is 76.0 cm³/mol. The Balaban J connectivity index is 2.18. The lowest BCUT2D eigenvalue weighted by Crippen LogP contribution is -2.25. The highest BCUT2D eigenvalue weighted by atomic mass is 16.5. The highest BCUT2D eigenvalue weighted by molar-refractivity contribution is 5.95. The van der Waals surface area contributed by atoms with Crippen molar-refractivity contribution in [3.05, 3.63) is 66.2 Å². The Bertz CT molecular complexity index is 581. The highest BCUT2D eigenvalue weighted by Gasteiger charge is 2.23. The van der Waals surface area contributed by atoms with Crippen LogP contribution < -0.4 is 5.32 Å². The van der Waals surface area contributed by atoms with Crippen LogP contribution in [-0.4, -0.2) is 11.9 Å². The highest BCUT2D eigenvalue weighted by Crippen LogP contribution is 2.20. The van der Waals surface area contributed by atoms with Gasteiger partial charge in [0.1, 0.15) is 0 Å². The van der Waals surface area contributed by atoms with Crippen LogP contribution in [0.3, 0.4) is 0 Å². The Kier molecular flexibility index (Phi) is 4.50. The van der Waals surface area contributed by atoms with E-state index in [0.29, 0.717) is 11.3 Å². The summed E-state index contributed by atoms with van der Waals surface area (Å²) in [5, 5.41) is 2.73. The van der Waals surface area contributed by atoms with E-state index < -0.39 is 12.1 Å². The lowest BCUT2D eigenvalue weighted by molar-refractivity contribution is -0.152. The van der Waals surface area contributed by atoms with E-state index in [1.54, 1.807) is 36.4 Å². The molecule has 1 N–H and O–H groups in total. The van der Waals surface area contributed by atoms with E-state index >= 15 is 0 Å². The molecule has 2 aromatic rings. The molecule has 0 bridgehead atoms. The first-order chi connectivity index (χ1) is 9.66. The van der Waals surface area contributed by atoms with Crippen LogP contribution in [0, 0.1) is 0 Å². The number of ether oxygens (including phenoxy) is 1. The zero-order chi connectivity index (χ0) is 14.4. The van der Waals surface area contributed by atoms with Crippen LogP contribution in [0.2, 0.25) is 0 Å². The zero-order valence-corrected chi connectivity index (χ0v) is 11.1. The van der Waals surface area contributed by atoms with Crippen molar-refractivity contribution < 1.29 is 14.3 Å². The van der Waals surface area contributed by atoms with Crippen LogP contribution in [0.15, 0.2) is 60.7 Å². The van der Waals surface area contributed by atoms with Crippen molar-refractivity contribution >= 4 is 17.6 Å². The average molecular weight is 269 g/mol. The molecule has 20 heavy (non-hydrogen) atoms. The summed E-state index contributed by atoms with van der Waals surface area (Å²) in [5.41, 5.74) is 1.29. The molecular formula is C16H15NO3. The molecule has 2 aromatic carbocycles.